The maximum atomic E-state index is 12.9. The largest absolute Gasteiger partial charge is 0.479 e. The fraction of sp³-hybridized carbons (Fsp3) is 0.933. The summed E-state index contributed by atoms with van der Waals surface area (Å²) in [7, 11) is -46.7. The summed E-state index contributed by atoms with van der Waals surface area (Å²) in [6.45, 7) is -5.16. The van der Waals surface area contributed by atoms with Crippen molar-refractivity contribution < 1.29 is 223 Å². The van der Waals surface area contributed by atoms with Crippen LogP contribution in [0.2, 0.25) is 0 Å². The van der Waals surface area contributed by atoms with Gasteiger partial charge in [-0.15, -0.1) is 0 Å². The fourth-order valence-electron chi connectivity index (χ4n) is 8.80. The van der Waals surface area contributed by atoms with E-state index in [-0.39, 0.29) is 0 Å². The molecule has 5 fully saturated rings. The molecule has 90 heavy (non-hydrogen) atoms. The van der Waals surface area contributed by atoms with Gasteiger partial charge in [-0.3, -0.25) is 36.4 Å². The van der Waals surface area contributed by atoms with E-state index in [1.165, 1.54) is 9.44 Å². The zero-order valence-corrected chi connectivity index (χ0v) is 49.5. The number of ether oxygens (including phenoxy) is 9. The minimum atomic E-state index is -6.36. The van der Waals surface area contributed by atoms with Crippen molar-refractivity contribution in [1.82, 2.24) is 14.2 Å². The second-order valence-corrected chi connectivity index (χ2v) is 27.4. The first-order chi connectivity index (χ1) is 40.6. The van der Waals surface area contributed by atoms with Gasteiger partial charge in [0.1, 0.15) is 104 Å². The molecule has 1 unspecified atom stereocenters. The van der Waals surface area contributed by atoms with E-state index < -0.39 is 268 Å². The van der Waals surface area contributed by atoms with Gasteiger partial charge in [0.15, 0.2) is 49.8 Å². The first-order valence-corrected chi connectivity index (χ1v) is 34.3. The topological polar surface area (TPSA) is 816 Å². The lowest BCUT2D eigenvalue weighted by Gasteiger charge is -2.50. The molecular weight excluding hydrogens is 1440 g/mol. The fourth-order valence-corrected chi connectivity index (χ4v) is 12.5. The van der Waals surface area contributed by atoms with Crippen LogP contribution in [-0.2, 0) is 156 Å². The highest BCUT2D eigenvalue weighted by atomic mass is 32.3. The van der Waals surface area contributed by atoms with E-state index in [4.69, 9.17) is 51.7 Å². The second kappa shape index (κ2) is 29.3. The van der Waals surface area contributed by atoms with Gasteiger partial charge in [0.25, 0.3) is 0 Å². The summed E-state index contributed by atoms with van der Waals surface area (Å²) in [5.74, 6) is -4.94. The van der Waals surface area contributed by atoms with Crippen molar-refractivity contribution >= 4 is 94.8 Å². The van der Waals surface area contributed by atoms with Crippen LogP contribution in [0.3, 0.4) is 0 Å². The molecule has 5 aliphatic heterocycles. The number of aliphatic hydroxyl groups excluding tert-OH is 7. The maximum Gasteiger partial charge on any atom is 0.397 e. The van der Waals surface area contributed by atoms with Gasteiger partial charge in [0.2, 0.25) is 0 Å². The van der Waals surface area contributed by atoms with Crippen LogP contribution in [-0.4, -0.2) is 335 Å². The Kier molecular flexibility index (Phi) is 25.4. The van der Waals surface area contributed by atoms with E-state index in [9.17, 15) is 150 Å². The lowest BCUT2D eigenvalue weighted by atomic mass is 9.94. The van der Waals surface area contributed by atoms with E-state index in [2.05, 4.69) is 20.9 Å². The van der Waals surface area contributed by atoms with Gasteiger partial charge >= 0.3 is 94.8 Å². The predicted molar refractivity (Wildman–Crippen MR) is 257 cm³/mol. The number of nitrogens with one attached hydrogen (secondary N) is 3. The van der Waals surface area contributed by atoms with Gasteiger partial charge < -0.3 is 88.6 Å². The molecule has 5 saturated heterocycles. The average molecular weight is 1490 g/mol. The number of aliphatic carboxylic acids is 2. The molecule has 0 saturated carbocycles. The van der Waals surface area contributed by atoms with Crippen molar-refractivity contribution in [3.8, 4) is 0 Å². The summed E-state index contributed by atoms with van der Waals surface area (Å²) in [6.07, 6.45) is -64.7. The molecule has 5 heterocycles. The number of hydrogen-bond acceptors (Lipinski definition) is 39. The van der Waals surface area contributed by atoms with Crippen molar-refractivity contribution in [3.63, 3.8) is 0 Å². The van der Waals surface area contributed by atoms with E-state index in [0.717, 1.165) is 4.72 Å². The first-order valence-electron chi connectivity index (χ1n) is 23.2. The molecule has 0 spiro atoms. The van der Waals surface area contributed by atoms with Crippen LogP contribution in [0, 0.1) is 0 Å². The van der Waals surface area contributed by atoms with E-state index in [0.29, 0.717) is 0 Å². The van der Waals surface area contributed by atoms with Gasteiger partial charge in [-0.05, 0) is 0 Å². The van der Waals surface area contributed by atoms with Crippen LogP contribution in [0.5, 0.6) is 0 Å². The Morgan fingerprint density at radius 2 is 0.700 bits per heavy atom. The zero-order valence-electron chi connectivity index (χ0n) is 43.0. The molecule has 0 bridgehead atoms. The third-order valence-electron chi connectivity index (χ3n) is 12.2. The third-order valence-corrected chi connectivity index (χ3v) is 16.2. The number of carbonyl (C=O) groups is 2. The monoisotopic (exact) mass is 1490 g/mol. The molecule has 0 amide bonds. The normalized spacial score (nSPS) is 38.9. The van der Waals surface area contributed by atoms with E-state index in [1.807, 2.05) is 0 Å². The summed E-state index contributed by atoms with van der Waals surface area (Å²) in [5, 5.41) is 97.8. The molecule has 52 nitrogen and oxygen atoms in total. The Bertz CT molecular complexity index is 3470. The molecule has 528 valence electrons. The molecule has 0 aromatic rings. The van der Waals surface area contributed by atoms with Gasteiger partial charge in [0, 0.05) is 0 Å². The lowest BCUT2D eigenvalue weighted by Crippen LogP contribution is -2.71. The quantitative estimate of drug-likeness (QED) is 0.0309. The molecule has 25 atom stereocenters. The number of hydrogen-bond donors (Lipinski definition) is 20. The van der Waals surface area contributed by atoms with Crippen LogP contribution >= 0.6 is 0 Å². The van der Waals surface area contributed by atoms with E-state index in [1.54, 1.807) is 0 Å². The van der Waals surface area contributed by atoms with Crippen LogP contribution < -0.4 is 14.2 Å². The Morgan fingerprint density at radius 3 is 1.14 bits per heavy atom. The second-order valence-electron chi connectivity index (χ2n) is 18.5. The molecule has 0 aromatic heterocycles. The Morgan fingerprint density at radius 1 is 0.333 bits per heavy atom. The molecule has 5 aliphatic rings. The van der Waals surface area contributed by atoms with Crippen LogP contribution in [0.15, 0.2) is 0 Å². The summed E-state index contributed by atoms with van der Waals surface area (Å²) in [4.78, 5) is 25.7. The van der Waals surface area contributed by atoms with Gasteiger partial charge in [0.05, 0.1) is 19.8 Å². The summed E-state index contributed by atoms with van der Waals surface area (Å²) >= 11 is 0. The zero-order chi connectivity index (χ0) is 68.7. The number of carboxylic acids is 2. The van der Waals surface area contributed by atoms with Gasteiger partial charge in [-0.1, -0.05) is 0 Å². The molecule has 0 aliphatic carbocycles. The van der Waals surface area contributed by atoms with Crippen molar-refractivity contribution in [2.45, 2.75) is 153 Å². The van der Waals surface area contributed by atoms with Crippen LogP contribution in [0.25, 0.3) is 0 Å². The number of aliphatic hydroxyl groups is 7. The van der Waals surface area contributed by atoms with Crippen LogP contribution in [0.4, 0.5) is 0 Å². The van der Waals surface area contributed by atoms with Gasteiger partial charge in [-0.2, -0.15) is 81.5 Å². The number of rotatable bonds is 29. The maximum absolute atomic E-state index is 12.9. The highest BCUT2D eigenvalue weighted by Gasteiger charge is 2.61. The Hall–Kier alpha value is -2.74. The summed E-state index contributed by atoms with van der Waals surface area (Å²) in [6, 6.07) is -8.42. The smallest absolute Gasteiger partial charge is 0.397 e. The first kappa shape index (κ1) is 78.0. The van der Waals surface area contributed by atoms with E-state index >= 15 is 0 Å². The number of carboxylic acid groups (broad SMARTS) is 2. The SMILES string of the molecule is O=C(O)[C@H]1O[C@@H](OC2[C@@H](COS(=O)(=O)O)O[C@H](O[C@H]3[C@H](O)[C@@H](OS(=O)(=O)O)[C@H](O[C@H]4[C@H](O)[C@@H](NS(=O)(=O)O)[C@@H](O)O[C@@H]4COS(=O)(=O)O)O[C@H]3C(=O)O)[C@H](NS(=O)(=O)O)[C@H]2OS(=O)(=O)O)[C@H](O)[C@@H](O)[C@@H]1O[C@H]1O[C@H](COS(=O)(=O)O)[C@@H](O)[C@H](O)[C@H]1NS(=O)(=O)O. The predicted octanol–water partition coefficient (Wildman–Crippen LogP) is -14.4. The van der Waals surface area contributed by atoms with Crippen molar-refractivity contribution in [2.24, 2.45) is 0 Å². The standard InChI is InChI=1S/C30H51N3O49S8/c34-10-4(1-69-86(54,55)56)73-27(8(11(10)35)32-84(48,49)50)77-19-13(37)14(38)29(79-22(19)24(40)41)76-17-6(3-71-88(60,61)62)74-28(9(33-85(51,52)53)18(17)81-89(63,64)65)78-20-15(39)21(82-90(66,67)68)30(80-23(20)25(42)43)75-16-5(2-70-87(57,58)59)72-26(44)7(12(16)36)31-83(45,46)47/h4-23,26-39,44H,1-3H2,(H,40,41)(H,42,43)(H,45,46,47)(H,48,49,50)(H,51,52,53)(H,54,55,56)(H,57,58,59)(H,60,61,62)(H,63,64,65)(H,66,67,68)/t4-,5-,6-,7-,8-,9-,10-,11-,12-,13-,14-,15+,16-,17?,18-,19+,20+,21-,22+,23-,26+,27-,28-,29-,30-/m1/s1. The molecule has 5 rings (SSSR count). The Balaban J connectivity index is 1.59. The molecule has 0 radical (unpaired) electrons. The average Bonchev–Trinajstić information content (AvgIpc) is 0.774. The molecule has 0 aromatic carbocycles. The highest BCUT2D eigenvalue weighted by Crippen LogP contribution is 2.38. The lowest BCUT2D eigenvalue weighted by molar-refractivity contribution is -0.372. The van der Waals surface area contributed by atoms with Crippen molar-refractivity contribution in [3.05, 3.63) is 0 Å². The van der Waals surface area contributed by atoms with Crippen molar-refractivity contribution in [1.29, 1.82) is 0 Å². The summed E-state index contributed by atoms with van der Waals surface area (Å²) < 4.78 is 339. The highest BCUT2D eigenvalue weighted by molar-refractivity contribution is 7.84. The minimum absolute atomic E-state index is 1.09. The third kappa shape index (κ3) is 22.4. The van der Waals surface area contributed by atoms with Crippen molar-refractivity contribution in [2.75, 3.05) is 19.8 Å². The molecular formula is C30H51N3O49S8. The molecule has 20 N–H and O–H groups in total. The Labute approximate surface area is 502 Å². The summed E-state index contributed by atoms with van der Waals surface area (Å²) in [5.41, 5.74) is 0. The minimum Gasteiger partial charge on any atom is -0.479 e. The van der Waals surface area contributed by atoms with Crippen LogP contribution in [0.1, 0.15) is 0 Å². The molecule has 60 heteroatoms. The van der Waals surface area contributed by atoms with Gasteiger partial charge in [-0.25, -0.2) is 30.5 Å².